The zero-order chi connectivity index (χ0) is 12.9. The van der Waals surface area contributed by atoms with Crippen LogP contribution in [0.4, 0.5) is 0 Å². The first kappa shape index (κ1) is 16.0. The number of nitrogens with zero attached hydrogens (tertiary/aromatic N) is 1. The van der Waals surface area contributed by atoms with Gasteiger partial charge in [-0.25, -0.2) is 0 Å². The van der Waals surface area contributed by atoms with E-state index in [4.69, 9.17) is 16.3 Å². The second-order valence-electron chi connectivity index (χ2n) is 3.94. The molecule has 98 valence electrons. The highest BCUT2D eigenvalue weighted by Gasteiger charge is 2.05. The smallest absolute Gasteiger partial charge is 0.304 e. The summed E-state index contributed by atoms with van der Waals surface area (Å²) in [5, 5.41) is 8.60. The van der Waals surface area contributed by atoms with Gasteiger partial charge in [0.15, 0.2) is 0 Å². The number of ether oxygens (including phenoxy) is 1. The lowest BCUT2D eigenvalue weighted by Gasteiger charge is -2.18. The molecule has 0 saturated heterocycles. The summed E-state index contributed by atoms with van der Waals surface area (Å²) in [7, 11) is 0. The molecular formula is C13H23NO3. The van der Waals surface area contributed by atoms with Gasteiger partial charge in [-0.3, -0.25) is 9.69 Å². The molecule has 1 N–H and O–H groups in total. The largest absolute Gasteiger partial charge is 0.481 e. The SMILES string of the molecule is C#CCN(CCCOCCCC)CCC(=O)O. The maximum atomic E-state index is 10.5. The fourth-order valence-electron chi connectivity index (χ4n) is 1.39. The van der Waals surface area contributed by atoms with Gasteiger partial charge in [0.25, 0.3) is 0 Å². The maximum Gasteiger partial charge on any atom is 0.304 e. The van der Waals surface area contributed by atoms with Gasteiger partial charge in [0.1, 0.15) is 0 Å². The van der Waals surface area contributed by atoms with Gasteiger partial charge in [-0.2, -0.15) is 0 Å². The number of rotatable bonds is 11. The van der Waals surface area contributed by atoms with Gasteiger partial charge in [0.2, 0.25) is 0 Å². The highest BCUT2D eigenvalue weighted by molar-refractivity contribution is 5.66. The Morgan fingerprint density at radius 3 is 2.65 bits per heavy atom. The van der Waals surface area contributed by atoms with Gasteiger partial charge in [0, 0.05) is 26.3 Å². The van der Waals surface area contributed by atoms with Crippen LogP contribution in [0.2, 0.25) is 0 Å². The average molecular weight is 241 g/mol. The molecule has 0 aromatic rings. The third-order valence-electron chi connectivity index (χ3n) is 2.36. The van der Waals surface area contributed by atoms with E-state index in [2.05, 4.69) is 12.8 Å². The van der Waals surface area contributed by atoms with E-state index in [1.165, 1.54) is 0 Å². The Morgan fingerprint density at radius 1 is 1.35 bits per heavy atom. The Labute approximate surface area is 104 Å². The van der Waals surface area contributed by atoms with Crippen LogP contribution in [0.15, 0.2) is 0 Å². The fourth-order valence-corrected chi connectivity index (χ4v) is 1.39. The van der Waals surface area contributed by atoms with E-state index in [0.29, 0.717) is 19.7 Å². The van der Waals surface area contributed by atoms with Crippen molar-refractivity contribution in [3.05, 3.63) is 0 Å². The lowest BCUT2D eigenvalue weighted by atomic mass is 10.3. The molecule has 0 bridgehead atoms. The van der Waals surface area contributed by atoms with E-state index >= 15 is 0 Å². The normalized spacial score (nSPS) is 10.4. The van der Waals surface area contributed by atoms with Crippen molar-refractivity contribution in [2.24, 2.45) is 0 Å². The lowest BCUT2D eigenvalue weighted by molar-refractivity contribution is -0.137. The Balaban J connectivity index is 3.56. The molecule has 0 aromatic carbocycles. The van der Waals surface area contributed by atoms with Gasteiger partial charge in [-0.1, -0.05) is 19.3 Å². The fraction of sp³-hybridized carbons (Fsp3) is 0.769. The third kappa shape index (κ3) is 11.2. The minimum Gasteiger partial charge on any atom is -0.481 e. The molecular weight excluding hydrogens is 218 g/mol. The number of terminal acetylenes is 1. The molecule has 0 aliphatic rings. The van der Waals surface area contributed by atoms with E-state index in [9.17, 15) is 4.79 Å². The van der Waals surface area contributed by atoms with Gasteiger partial charge in [-0.05, 0) is 12.8 Å². The number of carboxylic acids is 1. The molecule has 17 heavy (non-hydrogen) atoms. The number of hydrogen-bond acceptors (Lipinski definition) is 3. The zero-order valence-electron chi connectivity index (χ0n) is 10.7. The van der Waals surface area contributed by atoms with E-state index in [1.807, 2.05) is 4.90 Å². The summed E-state index contributed by atoms with van der Waals surface area (Å²) < 4.78 is 5.43. The molecule has 0 rings (SSSR count). The minimum atomic E-state index is -0.786. The molecule has 0 unspecified atom stereocenters. The van der Waals surface area contributed by atoms with E-state index in [1.54, 1.807) is 0 Å². The van der Waals surface area contributed by atoms with Gasteiger partial charge in [-0.15, -0.1) is 6.42 Å². The van der Waals surface area contributed by atoms with E-state index < -0.39 is 5.97 Å². The summed E-state index contributed by atoms with van der Waals surface area (Å²) in [6, 6.07) is 0. The molecule has 0 aliphatic heterocycles. The van der Waals surface area contributed by atoms with Gasteiger partial charge >= 0.3 is 5.97 Å². The quantitative estimate of drug-likeness (QED) is 0.441. The Morgan fingerprint density at radius 2 is 2.06 bits per heavy atom. The van der Waals surface area contributed by atoms with Crippen LogP contribution in [0.3, 0.4) is 0 Å². The first-order valence-electron chi connectivity index (χ1n) is 6.16. The van der Waals surface area contributed by atoms with E-state index in [-0.39, 0.29) is 6.42 Å². The summed E-state index contributed by atoms with van der Waals surface area (Å²) >= 11 is 0. The van der Waals surface area contributed by atoms with E-state index in [0.717, 1.165) is 32.4 Å². The Kier molecular flexibility index (Phi) is 10.7. The molecule has 0 spiro atoms. The monoisotopic (exact) mass is 241 g/mol. The predicted molar refractivity (Wildman–Crippen MR) is 67.9 cm³/mol. The molecule has 0 aliphatic carbocycles. The second kappa shape index (κ2) is 11.4. The summed E-state index contributed by atoms with van der Waals surface area (Å²) in [5.41, 5.74) is 0. The molecule has 0 heterocycles. The third-order valence-corrected chi connectivity index (χ3v) is 2.36. The number of aliphatic carboxylic acids is 1. The molecule has 0 radical (unpaired) electrons. The van der Waals surface area contributed by atoms with Crippen molar-refractivity contribution in [3.8, 4) is 12.3 Å². The van der Waals surface area contributed by atoms with Crippen molar-refractivity contribution in [3.63, 3.8) is 0 Å². The van der Waals surface area contributed by atoms with Crippen LogP contribution < -0.4 is 0 Å². The topological polar surface area (TPSA) is 49.8 Å². The standard InChI is InChI=1S/C13H23NO3/c1-3-5-11-17-12-6-9-14(8-4-2)10-7-13(15)16/h2H,3,5-12H2,1H3,(H,15,16). The highest BCUT2D eigenvalue weighted by Crippen LogP contribution is 1.96. The van der Waals surface area contributed by atoms with Crippen LogP contribution >= 0.6 is 0 Å². The maximum absolute atomic E-state index is 10.5. The summed E-state index contributed by atoms with van der Waals surface area (Å²) in [6.07, 6.45) is 8.50. The molecule has 0 saturated carbocycles. The van der Waals surface area contributed by atoms with Crippen LogP contribution in [0.5, 0.6) is 0 Å². The predicted octanol–water partition coefficient (Wildman–Crippen LogP) is 1.60. The first-order valence-corrected chi connectivity index (χ1v) is 6.16. The van der Waals surface area contributed by atoms with Crippen LogP contribution in [0.25, 0.3) is 0 Å². The zero-order valence-corrected chi connectivity index (χ0v) is 10.7. The molecule has 0 atom stereocenters. The van der Waals surface area contributed by atoms with Crippen molar-refractivity contribution in [1.29, 1.82) is 0 Å². The average Bonchev–Trinajstić information content (AvgIpc) is 2.30. The van der Waals surface area contributed by atoms with Crippen molar-refractivity contribution < 1.29 is 14.6 Å². The van der Waals surface area contributed by atoms with Gasteiger partial charge < -0.3 is 9.84 Å². The van der Waals surface area contributed by atoms with Crippen LogP contribution in [0, 0.1) is 12.3 Å². The molecule has 0 amide bonds. The van der Waals surface area contributed by atoms with Crippen molar-refractivity contribution in [2.75, 3.05) is 32.8 Å². The Bertz CT molecular complexity index is 235. The first-order chi connectivity index (χ1) is 8.20. The molecule has 4 heteroatoms. The number of carboxylic acid groups (broad SMARTS) is 1. The summed E-state index contributed by atoms with van der Waals surface area (Å²) in [4.78, 5) is 12.4. The van der Waals surface area contributed by atoms with Crippen molar-refractivity contribution in [1.82, 2.24) is 4.90 Å². The second-order valence-corrected chi connectivity index (χ2v) is 3.94. The Hall–Kier alpha value is -1.05. The van der Waals surface area contributed by atoms with Crippen LogP contribution in [-0.4, -0.2) is 48.8 Å². The van der Waals surface area contributed by atoms with Crippen LogP contribution in [0.1, 0.15) is 32.6 Å². The number of hydrogen-bond donors (Lipinski definition) is 1. The summed E-state index contributed by atoms with van der Waals surface area (Å²) in [5.74, 6) is 1.76. The molecule has 0 aromatic heterocycles. The summed E-state index contributed by atoms with van der Waals surface area (Å²) in [6.45, 7) is 5.46. The minimum absolute atomic E-state index is 0.137. The number of carbonyl (C=O) groups is 1. The van der Waals surface area contributed by atoms with Crippen LogP contribution in [-0.2, 0) is 9.53 Å². The highest BCUT2D eigenvalue weighted by atomic mass is 16.5. The van der Waals surface area contributed by atoms with Crippen molar-refractivity contribution in [2.45, 2.75) is 32.6 Å². The lowest BCUT2D eigenvalue weighted by Crippen LogP contribution is -2.28. The number of unbranched alkanes of at least 4 members (excludes halogenated alkanes) is 1. The van der Waals surface area contributed by atoms with Crippen molar-refractivity contribution >= 4 is 5.97 Å². The van der Waals surface area contributed by atoms with Gasteiger partial charge in [0.05, 0.1) is 13.0 Å². The molecule has 4 nitrogen and oxygen atoms in total. The molecule has 0 fully saturated rings.